The van der Waals surface area contributed by atoms with Crippen LogP contribution in [0.25, 0.3) is 11.8 Å². The zero-order chi connectivity index (χ0) is 28.4. The van der Waals surface area contributed by atoms with Gasteiger partial charge in [-0.1, -0.05) is 11.2 Å². The van der Waals surface area contributed by atoms with Gasteiger partial charge in [0.1, 0.15) is 11.6 Å². The number of halogens is 1. The molecule has 40 heavy (non-hydrogen) atoms. The Morgan fingerprint density at radius 1 is 1.27 bits per heavy atom. The molecule has 1 N–H and O–H groups in total. The number of imidazole rings is 1. The van der Waals surface area contributed by atoms with E-state index < -0.39 is 5.72 Å². The molecule has 210 valence electrons. The molecule has 1 fully saturated rings. The number of ether oxygens (including phenoxy) is 1. The molecule has 0 saturated carbocycles. The molecule has 0 radical (unpaired) electrons. The second kappa shape index (κ2) is 11.0. The number of urea groups is 1. The lowest BCUT2D eigenvalue weighted by molar-refractivity contribution is -0.116. The van der Waals surface area contributed by atoms with Crippen LogP contribution in [0.2, 0.25) is 0 Å². The van der Waals surface area contributed by atoms with Gasteiger partial charge in [-0.05, 0) is 87.2 Å². The van der Waals surface area contributed by atoms with Gasteiger partial charge in [0.25, 0.3) is 5.72 Å². The molecular formula is C30H35FN6O3. The highest BCUT2D eigenvalue weighted by molar-refractivity contribution is 6.03. The molecule has 2 aliphatic heterocycles. The van der Waals surface area contributed by atoms with Gasteiger partial charge >= 0.3 is 6.03 Å². The van der Waals surface area contributed by atoms with Gasteiger partial charge in [0.2, 0.25) is 0 Å². The van der Waals surface area contributed by atoms with E-state index in [-0.39, 0.29) is 24.4 Å². The molecule has 2 aromatic carbocycles. The number of fused-ring (bicyclic) bond motifs is 1. The summed E-state index contributed by atoms with van der Waals surface area (Å²) >= 11 is 0. The molecule has 0 unspecified atom stereocenters. The number of amidine groups is 1. The number of rotatable bonds is 7. The fourth-order valence-corrected chi connectivity index (χ4v) is 5.21. The Hall–Kier alpha value is -4.34. The van der Waals surface area contributed by atoms with E-state index in [9.17, 15) is 9.18 Å². The summed E-state index contributed by atoms with van der Waals surface area (Å²) in [6, 6.07) is 12.0. The van der Waals surface area contributed by atoms with E-state index in [1.807, 2.05) is 49.7 Å². The first-order valence-electron chi connectivity index (χ1n) is 13.4. The van der Waals surface area contributed by atoms with Gasteiger partial charge in [0, 0.05) is 31.4 Å². The maximum Gasteiger partial charge on any atom is 0.317 e. The van der Waals surface area contributed by atoms with Crippen molar-refractivity contribution in [2.24, 2.45) is 5.16 Å². The zero-order valence-corrected chi connectivity index (χ0v) is 23.5. The summed E-state index contributed by atoms with van der Waals surface area (Å²) in [6.07, 6.45) is 7.49. The van der Waals surface area contributed by atoms with Crippen molar-refractivity contribution in [1.82, 2.24) is 24.7 Å². The number of likely N-dealkylation sites (N-methyl/N-ethyl adjacent to an activating group) is 1. The van der Waals surface area contributed by atoms with Gasteiger partial charge in [0.05, 0.1) is 31.4 Å². The number of piperidine rings is 1. The molecule has 3 aromatic rings. The van der Waals surface area contributed by atoms with Gasteiger partial charge in [-0.3, -0.25) is 0 Å². The zero-order valence-electron chi connectivity index (χ0n) is 23.5. The first-order chi connectivity index (χ1) is 19.2. The number of carbonyl (C=O) groups excluding carboxylic acids is 1. The van der Waals surface area contributed by atoms with Gasteiger partial charge in [-0.25, -0.2) is 14.2 Å². The van der Waals surface area contributed by atoms with Crippen LogP contribution in [0.4, 0.5) is 9.18 Å². The van der Waals surface area contributed by atoms with Crippen molar-refractivity contribution in [3.8, 4) is 11.4 Å². The third-order valence-electron chi connectivity index (χ3n) is 7.13. The van der Waals surface area contributed by atoms with Crippen LogP contribution in [0.5, 0.6) is 5.75 Å². The summed E-state index contributed by atoms with van der Waals surface area (Å²) in [4.78, 5) is 27.1. The molecule has 9 nitrogen and oxygen atoms in total. The molecule has 5 rings (SSSR count). The number of oxime groups is 1. The topological polar surface area (TPSA) is 84.2 Å². The lowest BCUT2D eigenvalue weighted by atomic mass is 9.94. The molecule has 1 aromatic heterocycles. The van der Waals surface area contributed by atoms with Crippen LogP contribution in [0, 0.1) is 12.7 Å². The highest BCUT2D eigenvalue weighted by Crippen LogP contribution is 2.41. The van der Waals surface area contributed by atoms with E-state index in [4.69, 9.17) is 9.57 Å². The standard InChI is InChI=1S/C30H35FN6O3/c1-20(2)33-29(38)35(4)18-30(24-9-11-25(31)12-10-24)37-14-6-7-23(28(37)34-40-30)15-22-8-13-26(27(16-22)39-5)36-17-21(3)32-19-36/h8-13,15-17,19-20H,6-7,14,18H2,1-5H3,(H,33,38)/t30-/m1/s1. The van der Waals surface area contributed by atoms with Crippen molar-refractivity contribution < 1.29 is 18.8 Å². The predicted octanol–water partition coefficient (Wildman–Crippen LogP) is 5.05. The van der Waals surface area contributed by atoms with E-state index in [0.717, 1.165) is 46.7 Å². The quantitative estimate of drug-likeness (QED) is 0.448. The summed E-state index contributed by atoms with van der Waals surface area (Å²) in [5, 5.41) is 7.47. The van der Waals surface area contributed by atoms with Gasteiger partial charge < -0.3 is 29.3 Å². The molecule has 0 aliphatic carbocycles. The van der Waals surface area contributed by atoms with Crippen LogP contribution in [-0.2, 0) is 10.6 Å². The SMILES string of the molecule is COc1cc(C=C2CCCN3C2=NO[C@]3(CN(C)C(=O)NC(C)C)c2ccc(F)cc2)ccc1-n1cnc(C)c1. The Morgan fingerprint density at radius 2 is 2.05 bits per heavy atom. The number of amides is 2. The fourth-order valence-electron chi connectivity index (χ4n) is 5.21. The van der Waals surface area contributed by atoms with Gasteiger partial charge in [-0.15, -0.1) is 0 Å². The summed E-state index contributed by atoms with van der Waals surface area (Å²) in [5.41, 5.74) is 3.43. The molecule has 2 aliphatic rings. The number of hydrogen-bond acceptors (Lipinski definition) is 6. The van der Waals surface area contributed by atoms with E-state index in [1.54, 1.807) is 37.5 Å². The fraction of sp³-hybridized carbons (Fsp3) is 0.367. The largest absolute Gasteiger partial charge is 0.495 e. The summed E-state index contributed by atoms with van der Waals surface area (Å²) in [5.74, 6) is 1.09. The molecule has 1 saturated heterocycles. The lowest BCUT2D eigenvalue weighted by Crippen LogP contribution is -2.56. The van der Waals surface area contributed by atoms with Crippen LogP contribution in [0.15, 0.2) is 65.7 Å². The summed E-state index contributed by atoms with van der Waals surface area (Å²) in [7, 11) is 3.38. The molecule has 0 bridgehead atoms. The van der Waals surface area contributed by atoms with Crippen LogP contribution >= 0.6 is 0 Å². The average Bonchev–Trinajstić information content (AvgIpc) is 3.53. The van der Waals surface area contributed by atoms with Crippen molar-refractivity contribution in [3.05, 3.63) is 83.2 Å². The third-order valence-corrected chi connectivity index (χ3v) is 7.13. The monoisotopic (exact) mass is 546 g/mol. The number of benzene rings is 2. The average molecular weight is 547 g/mol. The maximum absolute atomic E-state index is 13.9. The second-order valence-corrected chi connectivity index (χ2v) is 10.5. The van der Waals surface area contributed by atoms with Gasteiger partial charge in [-0.2, -0.15) is 0 Å². The van der Waals surface area contributed by atoms with Crippen LogP contribution in [-0.4, -0.2) is 64.5 Å². The number of hydrogen-bond donors (Lipinski definition) is 1. The number of carbonyl (C=O) groups is 1. The van der Waals surface area contributed by atoms with Crippen molar-refractivity contribution in [2.75, 3.05) is 27.2 Å². The van der Waals surface area contributed by atoms with Crippen LogP contribution in [0.3, 0.4) is 0 Å². The molecule has 0 spiro atoms. The Balaban J connectivity index is 1.48. The minimum absolute atomic E-state index is 0.0151. The highest BCUT2D eigenvalue weighted by Gasteiger charge is 2.51. The Kier molecular flexibility index (Phi) is 7.51. The van der Waals surface area contributed by atoms with Gasteiger partial charge in [0.15, 0.2) is 5.84 Å². The number of nitrogens with one attached hydrogen (secondary N) is 1. The van der Waals surface area contributed by atoms with Crippen LogP contribution in [0.1, 0.15) is 43.5 Å². The third kappa shape index (κ3) is 5.25. The normalized spacial score (nSPS) is 19.3. The highest BCUT2D eigenvalue weighted by atomic mass is 19.1. The molecule has 2 amide bonds. The van der Waals surface area contributed by atoms with E-state index >= 15 is 0 Å². The van der Waals surface area contributed by atoms with E-state index in [1.165, 1.54) is 12.1 Å². The number of methoxy groups -OCH3 is 1. The number of nitrogens with zero attached hydrogens (tertiary/aromatic N) is 5. The maximum atomic E-state index is 13.9. The van der Waals surface area contributed by atoms with Crippen LogP contribution < -0.4 is 10.1 Å². The molecule has 1 atom stereocenters. The van der Waals surface area contributed by atoms with Crippen molar-refractivity contribution in [3.63, 3.8) is 0 Å². The lowest BCUT2D eigenvalue weighted by Gasteiger charge is -2.42. The molecule has 10 heteroatoms. The Bertz CT molecular complexity index is 1450. The minimum atomic E-state index is -1.09. The summed E-state index contributed by atoms with van der Waals surface area (Å²) < 4.78 is 21.5. The Morgan fingerprint density at radius 3 is 2.73 bits per heavy atom. The first-order valence-corrected chi connectivity index (χ1v) is 13.4. The molecular weight excluding hydrogens is 511 g/mol. The van der Waals surface area contributed by atoms with E-state index in [0.29, 0.717) is 12.4 Å². The number of aryl methyl sites for hydroxylation is 1. The van der Waals surface area contributed by atoms with Crippen molar-refractivity contribution in [2.45, 2.75) is 45.4 Å². The van der Waals surface area contributed by atoms with Crippen molar-refractivity contribution >= 4 is 17.9 Å². The van der Waals surface area contributed by atoms with E-state index in [2.05, 4.69) is 26.4 Å². The smallest absolute Gasteiger partial charge is 0.317 e. The second-order valence-electron chi connectivity index (χ2n) is 10.5. The Labute approximate surface area is 233 Å². The minimum Gasteiger partial charge on any atom is -0.495 e. The predicted molar refractivity (Wildman–Crippen MR) is 152 cm³/mol. The summed E-state index contributed by atoms with van der Waals surface area (Å²) in [6.45, 7) is 6.64. The number of aromatic nitrogens is 2. The van der Waals surface area contributed by atoms with Crippen molar-refractivity contribution in [1.29, 1.82) is 0 Å². The molecule has 3 heterocycles. The first kappa shape index (κ1) is 27.2.